The highest BCUT2D eigenvalue weighted by atomic mass is 19.1. The summed E-state index contributed by atoms with van der Waals surface area (Å²) in [5, 5.41) is 6.65. The largest absolute Gasteiger partial charge is 0.366 e. The number of carbonyl (C=O) groups excluding carboxylic acids is 1. The van der Waals surface area contributed by atoms with Crippen molar-refractivity contribution in [3.05, 3.63) is 47.5 Å². The zero-order valence-corrected chi connectivity index (χ0v) is 18.8. The topological polar surface area (TPSA) is 115 Å². The molecule has 1 aliphatic carbocycles. The second-order valence-corrected chi connectivity index (χ2v) is 8.91. The number of hydrogen-bond acceptors (Lipinski definition) is 6. The Hall–Kier alpha value is -3.04. The van der Waals surface area contributed by atoms with E-state index in [1.165, 1.54) is 6.20 Å². The first-order valence-corrected chi connectivity index (χ1v) is 10.9. The van der Waals surface area contributed by atoms with E-state index in [1.807, 2.05) is 33.9 Å². The molecule has 0 unspecified atom stereocenters. The minimum atomic E-state index is -0.570. The van der Waals surface area contributed by atoms with E-state index in [9.17, 15) is 4.79 Å². The molecule has 0 bridgehead atoms. The third kappa shape index (κ3) is 4.05. The highest BCUT2D eigenvalue weighted by molar-refractivity contribution is 5.92. The van der Waals surface area contributed by atoms with Gasteiger partial charge in [0.2, 0.25) is 5.91 Å². The Morgan fingerprint density at radius 2 is 1.97 bits per heavy atom. The van der Waals surface area contributed by atoms with Crippen LogP contribution >= 0.6 is 0 Å². The third-order valence-electron chi connectivity index (χ3n) is 5.99. The van der Waals surface area contributed by atoms with Gasteiger partial charge in [0.1, 0.15) is 5.82 Å². The minimum Gasteiger partial charge on any atom is -0.366 e. The van der Waals surface area contributed by atoms with Crippen LogP contribution in [0.25, 0.3) is 10.9 Å². The predicted octanol–water partition coefficient (Wildman–Crippen LogP) is 3.10. The number of aromatic nitrogens is 3. The number of primary amides is 1. The number of hydrazine groups is 1. The lowest BCUT2D eigenvalue weighted by Crippen LogP contribution is -2.52. The van der Waals surface area contributed by atoms with Gasteiger partial charge in [-0.3, -0.25) is 14.5 Å². The number of anilines is 2. The Balaban J connectivity index is 1.85. The zero-order chi connectivity index (χ0) is 23.2. The molecule has 2 aromatic heterocycles. The molecule has 1 saturated carbocycles. The van der Waals surface area contributed by atoms with Gasteiger partial charge >= 0.3 is 0 Å². The Morgan fingerprint density at radius 1 is 1.25 bits per heavy atom. The maximum Gasteiger partial charge on any atom is 0.250 e. The molecule has 8 nitrogen and oxygen atoms in total. The first-order valence-electron chi connectivity index (χ1n) is 10.9. The van der Waals surface area contributed by atoms with Gasteiger partial charge in [0, 0.05) is 25.3 Å². The standard InChI is InChI=1S/C23H30FN7O/c1-12(2)21-19-16(30(4)28-21)8-9-17(20(19)24)31(29-22(13(3)25)14-5-6-14)18-10-7-15(11-27-18)23(26)32/h7-14,22,29H,5-6,25H2,1-4H3,(H2,26,32)/t13-,22-/m0/s1. The summed E-state index contributed by atoms with van der Waals surface area (Å²) in [6, 6.07) is 6.60. The van der Waals surface area contributed by atoms with E-state index in [-0.39, 0.29) is 29.4 Å². The Morgan fingerprint density at radius 3 is 2.50 bits per heavy atom. The van der Waals surface area contributed by atoms with E-state index >= 15 is 4.39 Å². The van der Waals surface area contributed by atoms with Gasteiger partial charge in [-0.1, -0.05) is 13.8 Å². The number of nitrogens with two attached hydrogens (primary N) is 2. The van der Waals surface area contributed by atoms with Crippen molar-refractivity contribution in [1.29, 1.82) is 0 Å². The van der Waals surface area contributed by atoms with Gasteiger partial charge in [-0.2, -0.15) is 5.10 Å². The smallest absolute Gasteiger partial charge is 0.250 e. The molecule has 1 amide bonds. The first-order chi connectivity index (χ1) is 15.2. The van der Waals surface area contributed by atoms with Crippen molar-refractivity contribution in [3.63, 3.8) is 0 Å². The molecule has 5 N–H and O–H groups in total. The molecule has 0 aliphatic heterocycles. The average Bonchev–Trinajstić information content (AvgIpc) is 3.52. The van der Waals surface area contributed by atoms with Crippen molar-refractivity contribution in [2.24, 2.45) is 24.4 Å². The number of pyridine rings is 1. The van der Waals surface area contributed by atoms with Crippen molar-refractivity contribution in [3.8, 4) is 0 Å². The number of rotatable bonds is 8. The molecule has 3 aromatic rings. The quantitative estimate of drug-likeness (QED) is 0.465. The van der Waals surface area contributed by atoms with Crippen LogP contribution in [0.1, 0.15) is 55.6 Å². The molecule has 1 aliphatic rings. The number of aryl methyl sites for hydroxylation is 1. The molecule has 1 aromatic carbocycles. The van der Waals surface area contributed by atoms with Crippen LogP contribution in [0, 0.1) is 11.7 Å². The van der Waals surface area contributed by atoms with Crippen LogP contribution < -0.4 is 21.9 Å². The lowest BCUT2D eigenvalue weighted by molar-refractivity contribution is 0.1000. The summed E-state index contributed by atoms with van der Waals surface area (Å²) in [6.07, 6.45) is 3.54. The summed E-state index contributed by atoms with van der Waals surface area (Å²) >= 11 is 0. The van der Waals surface area contributed by atoms with Crippen molar-refractivity contribution in [1.82, 2.24) is 20.2 Å². The van der Waals surface area contributed by atoms with Crippen LogP contribution in [-0.4, -0.2) is 32.8 Å². The molecule has 0 radical (unpaired) electrons. The number of fused-ring (bicyclic) bond motifs is 1. The van der Waals surface area contributed by atoms with Gasteiger partial charge in [-0.05, 0) is 55.9 Å². The van der Waals surface area contributed by atoms with Crippen LogP contribution in [0.2, 0.25) is 0 Å². The van der Waals surface area contributed by atoms with Crippen molar-refractivity contribution < 1.29 is 9.18 Å². The number of amides is 1. The number of nitrogens with one attached hydrogen (secondary N) is 1. The van der Waals surface area contributed by atoms with Gasteiger partial charge in [0.25, 0.3) is 0 Å². The molecular formula is C23H30FN7O. The van der Waals surface area contributed by atoms with Crippen molar-refractivity contribution >= 4 is 28.3 Å². The molecule has 1 fully saturated rings. The van der Waals surface area contributed by atoms with Crippen LogP contribution in [0.4, 0.5) is 15.9 Å². The van der Waals surface area contributed by atoms with E-state index in [0.29, 0.717) is 28.5 Å². The maximum atomic E-state index is 16.0. The summed E-state index contributed by atoms with van der Waals surface area (Å²) in [6.45, 7) is 5.93. The average molecular weight is 440 g/mol. The highest BCUT2D eigenvalue weighted by Gasteiger charge is 2.36. The second-order valence-electron chi connectivity index (χ2n) is 8.91. The van der Waals surface area contributed by atoms with Crippen LogP contribution in [0.5, 0.6) is 0 Å². The predicted molar refractivity (Wildman–Crippen MR) is 123 cm³/mol. The van der Waals surface area contributed by atoms with Gasteiger partial charge in [0.15, 0.2) is 5.82 Å². The molecule has 170 valence electrons. The molecule has 2 atom stereocenters. The Bertz CT molecular complexity index is 1130. The number of benzene rings is 1. The van der Waals surface area contributed by atoms with Crippen LogP contribution in [0.3, 0.4) is 0 Å². The zero-order valence-electron chi connectivity index (χ0n) is 18.8. The fraction of sp³-hybridized carbons (Fsp3) is 0.435. The molecule has 4 rings (SSSR count). The van der Waals surface area contributed by atoms with Gasteiger partial charge in [-0.25, -0.2) is 14.8 Å². The summed E-state index contributed by atoms with van der Waals surface area (Å²) in [5.74, 6) is -0.0409. The van der Waals surface area contributed by atoms with Gasteiger partial charge in [0.05, 0.1) is 27.8 Å². The number of nitrogens with zero attached hydrogens (tertiary/aromatic N) is 4. The van der Waals surface area contributed by atoms with E-state index in [1.54, 1.807) is 27.9 Å². The van der Waals surface area contributed by atoms with E-state index in [4.69, 9.17) is 11.5 Å². The van der Waals surface area contributed by atoms with Crippen LogP contribution in [-0.2, 0) is 7.05 Å². The number of hydrogen-bond donors (Lipinski definition) is 3. The first kappa shape index (κ1) is 22.2. The summed E-state index contributed by atoms with van der Waals surface area (Å²) < 4.78 is 17.7. The van der Waals surface area contributed by atoms with Gasteiger partial charge < -0.3 is 11.5 Å². The SMILES string of the molecule is CC(C)c1nn(C)c2ccc(N(N[C@H](C3CC3)[C@H](C)N)c3ccc(C(N)=O)cn3)c(F)c12. The molecule has 0 saturated heterocycles. The van der Waals surface area contributed by atoms with E-state index in [0.717, 1.165) is 18.4 Å². The molecule has 9 heteroatoms. The monoisotopic (exact) mass is 439 g/mol. The molecule has 0 spiro atoms. The number of carbonyl (C=O) groups is 1. The lowest BCUT2D eigenvalue weighted by Gasteiger charge is -2.32. The summed E-state index contributed by atoms with van der Waals surface area (Å²) in [7, 11) is 1.81. The van der Waals surface area contributed by atoms with Crippen molar-refractivity contribution in [2.75, 3.05) is 5.01 Å². The maximum absolute atomic E-state index is 16.0. The Labute approximate surface area is 186 Å². The fourth-order valence-corrected chi connectivity index (χ4v) is 4.09. The lowest BCUT2D eigenvalue weighted by atomic mass is 10.0. The van der Waals surface area contributed by atoms with E-state index < -0.39 is 5.91 Å². The fourth-order valence-electron chi connectivity index (χ4n) is 4.09. The number of halogens is 1. The second kappa shape index (κ2) is 8.48. The molecular weight excluding hydrogens is 409 g/mol. The Kier molecular flexibility index (Phi) is 5.87. The van der Waals surface area contributed by atoms with Crippen LogP contribution in [0.15, 0.2) is 30.5 Å². The normalized spacial score (nSPS) is 15.8. The van der Waals surface area contributed by atoms with Crippen molar-refractivity contribution in [2.45, 2.75) is 51.6 Å². The molecule has 32 heavy (non-hydrogen) atoms. The minimum absolute atomic E-state index is 0.0545. The third-order valence-corrected chi connectivity index (χ3v) is 5.99. The van der Waals surface area contributed by atoms with Gasteiger partial charge in [-0.15, -0.1) is 0 Å². The highest BCUT2D eigenvalue weighted by Crippen LogP contribution is 2.37. The summed E-state index contributed by atoms with van der Waals surface area (Å²) in [4.78, 5) is 15.9. The van der Waals surface area contributed by atoms with E-state index in [2.05, 4.69) is 15.5 Å². The molecule has 2 heterocycles. The summed E-state index contributed by atoms with van der Waals surface area (Å²) in [5.41, 5.74) is 17.1.